The molecular weight excluding hydrogens is 264 g/mol. The van der Waals surface area contributed by atoms with E-state index in [0.717, 1.165) is 25.3 Å². The van der Waals surface area contributed by atoms with Gasteiger partial charge in [0.05, 0.1) is 30.9 Å². The van der Waals surface area contributed by atoms with Crippen LogP contribution in [0.2, 0.25) is 5.02 Å². The molecule has 0 saturated carbocycles. The van der Waals surface area contributed by atoms with Crippen molar-refractivity contribution < 1.29 is 9.47 Å². The molecule has 19 heavy (non-hydrogen) atoms. The van der Waals surface area contributed by atoms with Crippen LogP contribution in [0.15, 0.2) is 18.2 Å². The second-order valence-corrected chi connectivity index (χ2v) is 5.24. The summed E-state index contributed by atoms with van der Waals surface area (Å²) in [6, 6.07) is 5.99. The number of rotatable bonds is 4. The molecule has 2 atom stereocenters. The van der Waals surface area contributed by atoms with Gasteiger partial charge in [-0.05, 0) is 31.8 Å². The normalized spacial score (nSPS) is 22.2. The monoisotopic (exact) mass is 284 g/mol. The molecule has 0 spiro atoms. The Kier molecular flexibility index (Phi) is 5.05. The van der Waals surface area contributed by atoms with Gasteiger partial charge >= 0.3 is 0 Å². The average molecular weight is 285 g/mol. The first-order valence-electron chi connectivity index (χ1n) is 6.46. The first kappa shape index (κ1) is 14.6. The lowest BCUT2D eigenvalue weighted by Crippen LogP contribution is -2.46. The Balaban J connectivity index is 2.21. The van der Waals surface area contributed by atoms with Crippen molar-refractivity contribution in [3.63, 3.8) is 0 Å². The standard InChI is InChI=1S/C14H21ClN2O2/c1-16-14(13-9-17(2)6-7-19-13)10-4-5-11(15)12(8-10)18-3/h4-5,8,13-14,16H,6-7,9H2,1-3H3. The van der Waals surface area contributed by atoms with Crippen molar-refractivity contribution in [3.8, 4) is 5.75 Å². The third-order valence-electron chi connectivity index (χ3n) is 3.51. The van der Waals surface area contributed by atoms with E-state index in [1.807, 2.05) is 25.2 Å². The van der Waals surface area contributed by atoms with Gasteiger partial charge in [-0.25, -0.2) is 0 Å². The molecule has 1 aromatic carbocycles. The van der Waals surface area contributed by atoms with Crippen molar-refractivity contribution in [1.82, 2.24) is 10.2 Å². The molecule has 0 aliphatic carbocycles. The maximum Gasteiger partial charge on any atom is 0.137 e. The lowest BCUT2D eigenvalue weighted by Gasteiger charge is -2.35. The number of nitrogens with one attached hydrogen (secondary N) is 1. The summed E-state index contributed by atoms with van der Waals surface area (Å²) in [5.74, 6) is 0.698. The van der Waals surface area contributed by atoms with Crippen molar-refractivity contribution in [1.29, 1.82) is 0 Å². The Hall–Kier alpha value is -0.810. The highest BCUT2D eigenvalue weighted by molar-refractivity contribution is 6.32. The van der Waals surface area contributed by atoms with E-state index in [2.05, 4.69) is 17.3 Å². The maximum atomic E-state index is 6.07. The largest absolute Gasteiger partial charge is 0.495 e. The van der Waals surface area contributed by atoms with Crippen molar-refractivity contribution in [2.75, 3.05) is 40.9 Å². The van der Waals surface area contributed by atoms with Gasteiger partial charge < -0.3 is 19.7 Å². The topological polar surface area (TPSA) is 33.7 Å². The van der Waals surface area contributed by atoms with Gasteiger partial charge in [0, 0.05) is 13.1 Å². The van der Waals surface area contributed by atoms with Gasteiger partial charge in [-0.1, -0.05) is 17.7 Å². The highest BCUT2D eigenvalue weighted by atomic mass is 35.5. The number of benzene rings is 1. The van der Waals surface area contributed by atoms with Gasteiger partial charge in [0.25, 0.3) is 0 Å². The summed E-state index contributed by atoms with van der Waals surface area (Å²) in [4.78, 5) is 2.28. The predicted molar refractivity (Wildman–Crippen MR) is 77.0 cm³/mol. The predicted octanol–water partition coefficient (Wildman–Crippen LogP) is 1.94. The van der Waals surface area contributed by atoms with Crippen molar-refractivity contribution in [3.05, 3.63) is 28.8 Å². The molecule has 0 amide bonds. The van der Waals surface area contributed by atoms with E-state index in [-0.39, 0.29) is 12.1 Å². The molecule has 0 radical (unpaired) electrons. The second-order valence-electron chi connectivity index (χ2n) is 4.83. The molecule has 1 heterocycles. The fraction of sp³-hybridized carbons (Fsp3) is 0.571. The van der Waals surface area contributed by atoms with Crippen LogP contribution in [-0.4, -0.2) is 51.9 Å². The minimum Gasteiger partial charge on any atom is -0.495 e. The van der Waals surface area contributed by atoms with Crippen molar-refractivity contribution in [2.24, 2.45) is 0 Å². The summed E-state index contributed by atoms with van der Waals surface area (Å²) < 4.78 is 11.2. The van der Waals surface area contributed by atoms with Crippen LogP contribution in [0.1, 0.15) is 11.6 Å². The number of likely N-dealkylation sites (N-methyl/N-ethyl adjacent to an activating group) is 2. The SMILES string of the molecule is CNC(c1ccc(Cl)c(OC)c1)C1CN(C)CCO1. The number of nitrogens with zero attached hydrogens (tertiary/aromatic N) is 1. The molecule has 5 heteroatoms. The molecule has 1 aromatic rings. The molecule has 2 unspecified atom stereocenters. The van der Waals surface area contributed by atoms with Crippen LogP contribution in [-0.2, 0) is 4.74 Å². The Labute approximate surface area is 119 Å². The van der Waals surface area contributed by atoms with Crippen molar-refractivity contribution in [2.45, 2.75) is 12.1 Å². The minimum absolute atomic E-state index is 0.133. The van der Waals surface area contributed by atoms with E-state index in [1.54, 1.807) is 7.11 Å². The molecule has 1 saturated heterocycles. The van der Waals surface area contributed by atoms with Crippen LogP contribution in [0.25, 0.3) is 0 Å². The Morgan fingerprint density at radius 2 is 2.32 bits per heavy atom. The number of methoxy groups -OCH3 is 1. The van der Waals surface area contributed by atoms with Gasteiger partial charge in [-0.15, -0.1) is 0 Å². The minimum atomic E-state index is 0.133. The van der Waals surface area contributed by atoms with E-state index < -0.39 is 0 Å². The van der Waals surface area contributed by atoms with Crippen LogP contribution in [0, 0.1) is 0 Å². The molecule has 2 rings (SSSR count). The lowest BCUT2D eigenvalue weighted by atomic mass is 10.00. The molecule has 1 N–H and O–H groups in total. The summed E-state index contributed by atoms with van der Waals surface area (Å²) in [5, 5.41) is 3.96. The summed E-state index contributed by atoms with van der Waals surface area (Å²) in [5.41, 5.74) is 1.13. The van der Waals surface area contributed by atoms with Gasteiger partial charge in [-0.3, -0.25) is 0 Å². The Bertz CT molecular complexity index is 428. The lowest BCUT2D eigenvalue weighted by molar-refractivity contribution is -0.0380. The van der Waals surface area contributed by atoms with Crippen LogP contribution in [0.3, 0.4) is 0 Å². The average Bonchev–Trinajstić information content (AvgIpc) is 2.41. The van der Waals surface area contributed by atoms with E-state index >= 15 is 0 Å². The first-order chi connectivity index (χ1) is 9.15. The first-order valence-corrected chi connectivity index (χ1v) is 6.84. The zero-order valence-electron chi connectivity index (χ0n) is 11.6. The molecule has 0 aromatic heterocycles. The summed E-state index contributed by atoms with van der Waals surface area (Å²) in [7, 11) is 5.69. The summed E-state index contributed by atoms with van der Waals surface area (Å²) >= 11 is 6.07. The van der Waals surface area contributed by atoms with Crippen LogP contribution < -0.4 is 10.1 Å². The highest BCUT2D eigenvalue weighted by Crippen LogP contribution is 2.30. The maximum absolute atomic E-state index is 6.07. The van der Waals surface area contributed by atoms with Gasteiger partial charge in [0.15, 0.2) is 0 Å². The summed E-state index contributed by atoms with van der Waals surface area (Å²) in [6.45, 7) is 2.66. The third kappa shape index (κ3) is 3.39. The summed E-state index contributed by atoms with van der Waals surface area (Å²) in [6.07, 6.45) is 0.134. The molecule has 0 bridgehead atoms. The zero-order valence-corrected chi connectivity index (χ0v) is 12.4. The number of halogens is 1. The van der Waals surface area contributed by atoms with Crippen LogP contribution >= 0.6 is 11.6 Å². The molecule has 1 aliphatic heterocycles. The fourth-order valence-corrected chi connectivity index (χ4v) is 2.64. The van der Waals surface area contributed by atoms with Crippen LogP contribution in [0.4, 0.5) is 0 Å². The third-order valence-corrected chi connectivity index (χ3v) is 3.83. The number of hydrogen-bond donors (Lipinski definition) is 1. The van der Waals surface area contributed by atoms with E-state index in [1.165, 1.54) is 0 Å². The van der Waals surface area contributed by atoms with Crippen molar-refractivity contribution >= 4 is 11.6 Å². The smallest absolute Gasteiger partial charge is 0.137 e. The molecular formula is C14H21ClN2O2. The fourth-order valence-electron chi connectivity index (χ4n) is 2.45. The molecule has 1 aliphatic rings. The number of hydrogen-bond acceptors (Lipinski definition) is 4. The molecule has 1 fully saturated rings. The Morgan fingerprint density at radius 3 is 2.95 bits per heavy atom. The molecule has 4 nitrogen and oxygen atoms in total. The quantitative estimate of drug-likeness (QED) is 0.916. The van der Waals surface area contributed by atoms with E-state index in [4.69, 9.17) is 21.1 Å². The second kappa shape index (κ2) is 6.57. The number of ether oxygens (including phenoxy) is 2. The molecule has 106 valence electrons. The zero-order chi connectivity index (χ0) is 13.8. The van der Waals surface area contributed by atoms with E-state index in [0.29, 0.717) is 10.8 Å². The Morgan fingerprint density at radius 1 is 1.53 bits per heavy atom. The van der Waals surface area contributed by atoms with Gasteiger partial charge in [-0.2, -0.15) is 0 Å². The number of morpholine rings is 1. The highest BCUT2D eigenvalue weighted by Gasteiger charge is 2.27. The van der Waals surface area contributed by atoms with E-state index in [9.17, 15) is 0 Å². The van der Waals surface area contributed by atoms with Crippen LogP contribution in [0.5, 0.6) is 5.75 Å². The van der Waals surface area contributed by atoms with Gasteiger partial charge in [0.2, 0.25) is 0 Å². The van der Waals surface area contributed by atoms with Gasteiger partial charge in [0.1, 0.15) is 5.75 Å².